The Bertz CT molecular complexity index is 93.1. The van der Waals surface area contributed by atoms with Gasteiger partial charge in [0.2, 0.25) is 0 Å². The Balaban J connectivity index is 2.90. The topological polar surface area (TPSA) is 61.3 Å². The van der Waals surface area contributed by atoms with E-state index in [1.165, 1.54) is 0 Å². The normalized spacial score (nSPS) is 13.2. The van der Waals surface area contributed by atoms with Crippen LogP contribution in [0.4, 0.5) is 0 Å². The van der Waals surface area contributed by atoms with Gasteiger partial charge in [0.25, 0.3) is 0 Å². The van der Waals surface area contributed by atoms with E-state index in [9.17, 15) is 0 Å². The number of rotatable bonds is 8. The molecule has 0 aliphatic carbocycles. The van der Waals surface area contributed by atoms with Crippen molar-refractivity contribution in [1.82, 2.24) is 0 Å². The standard InChI is InChI=1S/C8H20N2OS/c1-8(6-10)7-12-5-4-11-3-2-9/h8H,2-7,9-10H2,1H3. The quantitative estimate of drug-likeness (QED) is 0.543. The van der Waals surface area contributed by atoms with Crippen LogP contribution in [-0.4, -0.2) is 37.8 Å². The fourth-order valence-corrected chi connectivity index (χ4v) is 1.60. The van der Waals surface area contributed by atoms with Crippen LogP contribution in [0, 0.1) is 5.92 Å². The molecular weight excluding hydrogens is 172 g/mol. The number of nitrogens with two attached hydrogens (primary N) is 2. The van der Waals surface area contributed by atoms with Crippen LogP contribution in [0.25, 0.3) is 0 Å². The summed E-state index contributed by atoms with van der Waals surface area (Å²) in [5.41, 5.74) is 10.7. The predicted octanol–water partition coefficient (Wildman–Crippen LogP) is 0.290. The van der Waals surface area contributed by atoms with Crippen molar-refractivity contribution in [3.8, 4) is 0 Å². The summed E-state index contributed by atoms with van der Waals surface area (Å²) in [7, 11) is 0. The fraction of sp³-hybridized carbons (Fsp3) is 1.00. The Labute approximate surface area is 79.2 Å². The summed E-state index contributed by atoms with van der Waals surface area (Å²) < 4.78 is 5.22. The van der Waals surface area contributed by atoms with Gasteiger partial charge >= 0.3 is 0 Å². The molecule has 0 aliphatic heterocycles. The molecule has 0 heterocycles. The summed E-state index contributed by atoms with van der Waals surface area (Å²) >= 11 is 1.89. The van der Waals surface area contributed by atoms with E-state index in [0.717, 1.165) is 24.7 Å². The van der Waals surface area contributed by atoms with Crippen LogP contribution in [0.1, 0.15) is 6.92 Å². The minimum atomic E-state index is 0.615. The number of thioether (sulfide) groups is 1. The summed E-state index contributed by atoms with van der Waals surface area (Å²) in [5.74, 6) is 2.79. The van der Waals surface area contributed by atoms with E-state index in [1.807, 2.05) is 11.8 Å². The van der Waals surface area contributed by atoms with Crippen LogP contribution in [-0.2, 0) is 4.74 Å². The molecule has 0 bridgehead atoms. The lowest BCUT2D eigenvalue weighted by atomic mass is 10.2. The van der Waals surface area contributed by atoms with Crippen LogP contribution in [0.15, 0.2) is 0 Å². The molecule has 0 aromatic rings. The van der Waals surface area contributed by atoms with Gasteiger partial charge in [-0.1, -0.05) is 6.92 Å². The summed E-state index contributed by atoms with van der Waals surface area (Å²) in [4.78, 5) is 0. The molecule has 0 aromatic carbocycles. The van der Waals surface area contributed by atoms with E-state index >= 15 is 0 Å². The summed E-state index contributed by atoms with van der Waals surface area (Å²) in [5, 5.41) is 0. The molecule has 0 spiro atoms. The first-order valence-corrected chi connectivity index (χ1v) is 5.52. The number of ether oxygens (including phenoxy) is 1. The predicted molar refractivity (Wildman–Crippen MR) is 55.4 cm³/mol. The van der Waals surface area contributed by atoms with Gasteiger partial charge in [0.1, 0.15) is 0 Å². The average molecular weight is 192 g/mol. The van der Waals surface area contributed by atoms with Crippen molar-refractivity contribution in [1.29, 1.82) is 0 Å². The molecule has 0 saturated carbocycles. The maximum atomic E-state index is 5.47. The van der Waals surface area contributed by atoms with E-state index in [0.29, 0.717) is 19.1 Å². The lowest BCUT2D eigenvalue weighted by molar-refractivity contribution is 0.158. The molecule has 0 radical (unpaired) electrons. The third kappa shape index (κ3) is 8.33. The van der Waals surface area contributed by atoms with Crippen LogP contribution in [0.2, 0.25) is 0 Å². The molecule has 0 saturated heterocycles. The highest BCUT2D eigenvalue weighted by molar-refractivity contribution is 7.99. The minimum absolute atomic E-state index is 0.615. The Hall–Kier alpha value is 0.230. The van der Waals surface area contributed by atoms with E-state index < -0.39 is 0 Å². The zero-order valence-corrected chi connectivity index (χ0v) is 8.61. The van der Waals surface area contributed by atoms with Crippen molar-refractivity contribution >= 4 is 11.8 Å². The molecule has 12 heavy (non-hydrogen) atoms. The van der Waals surface area contributed by atoms with Crippen molar-refractivity contribution in [3.63, 3.8) is 0 Å². The lowest BCUT2D eigenvalue weighted by Gasteiger charge is -2.07. The SMILES string of the molecule is CC(CN)CSCCOCCN. The van der Waals surface area contributed by atoms with E-state index in [4.69, 9.17) is 16.2 Å². The molecular formula is C8H20N2OS. The second-order valence-electron chi connectivity index (χ2n) is 2.82. The highest BCUT2D eigenvalue weighted by Crippen LogP contribution is 2.06. The highest BCUT2D eigenvalue weighted by atomic mass is 32.2. The molecule has 74 valence electrons. The molecule has 0 amide bonds. The third-order valence-corrected chi connectivity index (χ3v) is 2.70. The molecule has 1 atom stereocenters. The Morgan fingerprint density at radius 1 is 1.33 bits per heavy atom. The van der Waals surface area contributed by atoms with Crippen LogP contribution < -0.4 is 11.5 Å². The molecule has 1 unspecified atom stereocenters. The summed E-state index contributed by atoms with van der Waals surface area (Å²) in [6.07, 6.45) is 0. The second-order valence-corrected chi connectivity index (χ2v) is 3.97. The summed E-state index contributed by atoms with van der Waals surface area (Å²) in [6.45, 7) is 5.03. The van der Waals surface area contributed by atoms with E-state index in [1.54, 1.807) is 0 Å². The molecule has 0 fully saturated rings. The molecule has 0 aromatic heterocycles. The minimum Gasteiger partial charge on any atom is -0.379 e. The Morgan fingerprint density at radius 3 is 2.67 bits per heavy atom. The maximum Gasteiger partial charge on any atom is 0.0589 e. The first kappa shape index (κ1) is 12.2. The van der Waals surface area contributed by atoms with Gasteiger partial charge in [0.05, 0.1) is 13.2 Å². The van der Waals surface area contributed by atoms with Crippen molar-refractivity contribution < 1.29 is 4.74 Å². The van der Waals surface area contributed by atoms with E-state index in [-0.39, 0.29) is 0 Å². The largest absolute Gasteiger partial charge is 0.379 e. The van der Waals surface area contributed by atoms with Crippen molar-refractivity contribution in [3.05, 3.63) is 0 Å². The highest BCUT2D eigenvalue weighted by Gasteiger charge is 1.97. The molecule has 4 heteroatoms. The van der Waals surface area contributed by atoms with Gasteiger partial charge < -0.3 is 16.2 Å². The van der Waals surface area contributed by atoms with Gasteiger partial charge in [0, 0.05) is 12.3 Å². The zero-order chi connectivity index (χ0) is 9.23. The Kier molecular flexibility index (Phi) is 9.50. The van der Waals surface area contributed by atoms with Gasteiger partial charge in [-0.05, 0) is 18.2 Å². The Morgan fingerprint density at radius 2 is 2.08 bits per heavy atom. The van der Waals surface area contributed by atoms with Crippen LogP contribution in [0.3, 0.4) is 0 Å². The second kappa shape index (κ2) is 9.32. The zero-order valence-electron chi connectivity index (χ0n) is 7.79. The number of hydrogen-bond donors (Lipinski definition) is 2. The lowest BCUT2D eigenvalue weighted by Crippen LogP contribution is -2.14. The molecule has 0 aliphatic rings. The van der Waals surface area contributed by atoms with Gasteiger partial charge in [-0.15, -0.1) is 0 Å². The molecule has 0 rings (SSSR count). The first-order valence-electron chi connectivity index (χ1n) is 4.37. The van der Waals surface area contributed by atoms with Crippen LogP contribution in [0.5, 0.6) is 0 Å². The van der Waals surface area contributed by atoms with Crippen LogP contribution >= 0.6 is 11.8 Å². The molecule has 4 N–H and O–H groups in total. The third-order valence-electron chi connectivity index (χ3n) is 1.44. The average Bonchev–Trinajstić information content (AvgIpc) is 2.10. The van der Waals surface area contributed by atoms with Gasteiger partial charge in [-0.2, -0.15) is 11.8 Å². The van der Waals surface area contributed by atoms with Gasteiger partial charge in [-0.3, -0.25) is 0 Å². The maximum absolute atomic E-state index is 5.47. The number of hydrogen-bond acceptors (Lipinski definition) is 4. The summed E-state index contributed by atoms with van der Waals surface area (Å²) in [6, 6.07) is 0. The van der Waals surface area contributed by atoms with Crippen molar-refractivity contribution in [2.75, 3.05) is 37.8 Å². The smallest absolute Gasteiger partial charge is 0.0589 e. The van der Waals surface area contributed by atoms with Crippen molar-refractivity contribution in [2.24, 2.45) is 17.4 Å². The molecule has 3 nitrogen and oxygen atoms in total. The monoisotopic (exact) mass is 192 g/mol. The van der Waals surface area contributed by atoms with Crippen molar-refractivity contribution in [2.45, 2.75) is 6.92 Å². The first-order chi connectivity index (χ1) is 5.81. The fourth-order valence-electron chi connectivity index (χ4n) is 0.656. The van der Waals surface area contributed by atoms with Gasteiger partial charge in [0.15, 0.2) is 0 Å². The van der Waals surface area contributed by atoms with Gasteiger partial charge in [-0.25, -0.2) is 0 Å². The van der Waals surface area contributed by atoms with E-state index in [2.05, 4.69) is 6.92 Å².